The largest absolute Gasteiger partial charge is 0.274 e. The smallest absolute Gasteiger partial charge is 0.216 e. The molecule has 0 spiro atoms. The molecule has 1 rings (SSSR count). The lowest BCUT2D eigenvalue weighted by Crippen LogP contribution is -2.35. The minimum atomic E-state index is -3.49. The van der Waals surface area contributed by atoms with E-state index in [-0.39, 0.29) is 0 Å². The topological polar surface area (TPSA) is 72.2 Å². The quantitative estimate of drug-likeness (QED) is 0.741. The molecule has 0 saturated heterocycles. The van der Waals surface area contributed by atoms with Crippen LogP contribution in [0.15, 0.2) is 0 Å². The fourth-order valence-electron chi connectivity index (χ4n) is 2.08. The third kappa shape index (κ3) is 4.39. The summed E-state index contributed by atoms with van der Waals surface area (Å²) in [6.07, 6.45) is 5.96. The van der Waals surface area contributed by atoms with Gasteiger partial charge in [0.25, 0.3) is 10.2 Å². The SMILES string of the molecule is CCC1CCC(CNS(N)(=O)=O)CC1. The van der Waals surface area contributed by atoms with Crippen LogP contribution in [0, 0.1) is 11.8 Å². The molecule has 0 aliphatic heterocycles. The van der Waals surface area contributed by atoms with Gasteiger partial charge in [-0.3, -0.25) is 0 Å². The Morgan fingerprint density at radius 3 is 2.14 bits per heavy atom. The summed E-state index contributed by atoms with van der Waals surface area (Å²) in [4.78, 5) is 0. The molecule has 0 atom stereocenters. The van der Waals surface area contributed by atoms with Crippen LogP contribution < -0.4 is 9.86 Å². The van der Waals surface area contributed by atoms with Crippen molar-refractivity contribution in [2.45, 2.75) is 39.0 Å². The second kappa shape index (κ2) is 5.09. The highest BCUT2D eigenvalue weighted by molar-refractivity contribution is 7.87. The summed E-state index contributed by atoms with van der Waals surface area (Å²) in [5.74, 6) is 1.33. The van der Waals surface area contributed by atoms with Gasteiger partial charge in [0.2, 0.25) is 0 Å². The van der Waals surface area contributed by atoms with E-state index in [1.54, 1.807) is 0 Å². The van der Waals surface area contributed by atoms with E-state index in [1.165, 1.54) is 19.3 Å². The number of nitrogens with two attached hydrogens (primary N) is 1. The van der Waals surface area contributed by atoms with Gasteiger partial charge in [-0.25, -0.2) is 9.86 Å². The first kappa shape index (κ1) is 11.9. The molecule has 84 valence electrons. The maximum atomic E-state index is 10.7. The van der Waals surface area contributed by atoms with E-state index in [4.69, 9.17) is 5.14 Å². The fourth-order valence-corrected chi connectivity index (χ4v) is 2.55. The van der Waals surface area contributed by atoms with E-state index in [1.807, 2.05) is 0 Å². The lowest BCUT2D eigenvalue weighted by atomic mass is 9.81. The molecule has 3 N–H and O–H groups in total. The van der Waals surface area contributed by atoms with E-state index in [9.17, 15) is 8.42 Å². The first-order chi connectivity index (χ1) is 6.51. The molecule has 1 fully saturated rings. The fraction of sp³-hybridized carbons (Fsp3) is 1.00. The molecule has 0 radical (unpaired) electrons. The van der Waals surface area contributed by atoms with Crippen LogP contribution in [0.1, 0.15) is 39.0 Å². The van der Waals surface area contributed by atoms with Crippen molar-refractivity contribution in [3.05, 3.63) is 0 Å². The van der Waals surface area contributed by atoms with Crippen LogP contribution in [0.25, 0.3) is 0 Å². The van der Waals surface area contributed by atoms with E-state index in [0.29, 0.717) is 12.5 Å². The zero-order chi connectivity index (χ0) is 10.6. The average molecular weight is 220 g/mol. The normalized spacial score (nSPS) is 29.0. The average Bonchev–Trinajstić information content (AvgIpc) is 2.14. The summed E-state index contributed by atoms with van der Waals surface area (Å²) in [5, 5.41) is 4.87. The number of nitrogens with one attached hydrogen (secondary N) is 1. The molecule has 0 aromatic carbocycles. The van der Waals surface area contributed by atoms with Crippen molar-refractivity contribution in [1.82, 2.24) is 4.72 Å². The Labute approximate surface area is 86.4 Å². The van der Waals surface area contributed by atoms with Gasteiger partial charge in [-0.15, -0.1) is 0 Å². The molecule has 0 amide bonds. The van der Waals surface area contributed by atoms with Crippen LogP contribution in [0.3, 0.4) is 0 Å². The molecule has 5 heteroatoms. The summed E-state index contributed by atoms with van der Waals surface area (Å²) in [6, 6.07) is 0. The predicted octanol–water partition coefficient (Wildman–Crippen LogP) is 0.996. The zero-order valence-corrected chi connectivity index (χ0v) is 9.52. The minimum Gasteiger partial charge on any atom is -0.216 e. The molecule has 1 aliphatic rings. The number of hydrogen-bond donors (Lipinski definition) is 2. The van der Waals surface area contributed by atoms with Crippen LogP contribution in [-0.2, 0) is 10.2 Å². The van der Waals surface area contributed by atoms with Crippen LogP contribution in [-0.4, -0.2) is 15.0 Å². The Hall–Kier alpha value is -0.130. The molecule has 0 bridgehead atoms. The second-order valence-electron chi connectivity index (χ2n) is 4.19. The molecular weight excluding hydrogens is 200 g/mol. The van der Waals surface area contributed by atoms with Gasteiger partial charge in [0.05, 0.1) is 0 Å². The molecule has 14 heavy (non-hydrogen) atoms. The van der Waals surface area contributed by atoms with Gasteiger partial charge in [0, 0.05) is 6.54 Å². The summed E-state index contributed by atoms with van der Waals surface area (Å²) in [6.45, 7) is 2.73. The monoisotopic (exact) mass is 220 g/mol. The number of hydrogen-bond acceptors (Lipinski definition) is 2. The molecule has 4 nitrogen and oxygen atoms in total. The van der Waals surface area contributed by atoms with E-state index in [2.05, 4.69) is 11.6 Å². The van der Waals surface area contributed by atoms with Gasteiger partial charge in [0.1, 0.15) is 0 Å². The Kier molecular flexibility index (Phi) is 4.34. The minimum absolute atomic E-state index is 0.483. The summed E-state index contributed by atoms with van der Waals surface area (Å²) < 4.78 is 23.7. The van der Waals surface area contributed by atoms with Crippen LogP contribution in [0.4, 0.5) is 0 Å². The van der Waals surface area contributed by atoms with Crippen LogP contribution >= 0.6 is 0 Å². The summed E-state index contributed by atoms with van der Waals surface area (Å²) in [7, 11) is -3.49. The first-order valence-corrected chi connectivity index (χ1v) is 6.83. The Morgan fingerprint density at radius 2 is 1.71 bits per heavy atom. The van der Waals surface area contributed by atoms with Crippen molar-refractivity contribution in [2.75, 3.05) is 6.54 Å². The highest BCUT2D eigenvalue weighted by atomic mass is 32.2. The van der Waals surface area contributed by atoms with Crippen molar-refractivity contribution < 1.29 is 8.42 Å². The highest BCUT2D eigenvalue weighted by Gasteiger charge is 2.20. The molecule has 1 aliphatic carbocycles. The van der Waals surface area contributed by atoms with Crippen LogP contribution in [0.2, 0.25) is 0 Å². The Morgan fingerprint density at radius 1 is 1.21 bits per heavy atom. The molecule has 0 aromatic rings. The maximum absolute atomic E-state index is 10.7. The van der Waals surface area contributed by atoms with Crippen molar-refractivity contribution in [1.29, 1.82) is 0 Å². The van der Waals surface area contributed by atoms with Gasteiger partial charge >= 0.3 is 0 Å². The third-order valence-electron chi connectivity index (χ3n) is 3.12. The van der Waals surface area contributed by atoms with E-state index in [0.717, 1.165) is 18.8 Å². The van der Waals surface area contributed by atoms with Gasteiger partial charge in [-0.05, 0) is 24.7 Å². The molecule has 0 unspecified atom stereocenters. The van der Waals surface area contributed by atoms with Crippen molar-refractivity contribution >= 4 is 10.2 Å². The number of rotatable bonds is 4. The van der Waals surface area contributed by atoms with Gasteiger partial charge in [-0.1, -0.05) is 26.2 Å². The predicted molar refractivity (Wildman–Crippen MR) is 56.8 cm³/mol. The van der Waals surface area contributed by atoms with Gasteiger partial charge in [0.15, 0.2) is 0 Å². The lowest BCUT2D eigenvalue weighted by molar-refractivity contribution is 0.270. The van der Waals surface area contributed by atoms with Crippen LogP contribution in [0.5, 0.6) is 0 Å². The lowest BCUT2D eigenvalue weighted by Gasteiger charge is -2.27. The maximum Gasteiger partial charge on any atom is 0.274 e. The second-order valence-corrected chi connectivity index (χ2v) is 5.57. The molecule has 1 saturated carbocycles. The van der Waals surface area contributed by atoms with Crippen molar-refractivity contribution in [2.24, 2.45) is 17.0 Å². The van der Waals surface area contributed by atoms with E-state index >= 15 is 0 Å². The summed E-state index contributed by atoms with van der Waals surface area (Å²) in [5.41, 5.74) is 0. The third-order valence-corrected chi connectivity index (χ3v) is 3.69. The first-order valence-electron chi connectivity index (χ1n) is 5.28. The Bertz CT molecular complexity index is 256. The van der Waals surface area contributed by atoms with Crippen molar-refractivity contribution in [3.8, 4) is 0 Å². The van der Waals surface area contributed by atoms with Crippen molar-refractivity contribution in [3.63, 3.8) is 0 Å². The highest BCUT2D eigenvalue weighted by Crippen LogP contribution is 2.29. The zero-order valence-electron chi connectivity index (χ0n) is 8.70. The standard InChI is InChI=1S/C9H20N2O2S/c1-2-8-3-5-9(6-4-8)7-11-14(10,12)13/h8-9,11H,2-7H2,1H3,(H2,10,12,13). The Balaban J connectivity index is 2.23. The molecular formula is C9H20N2O2S. The summed E-state index contributed by atoms with van der Waals surface area (Å²) >= 11 is 0. The van der Waals surface area contributed by atoms with E-state index < -0.39 is 10.2 Å². The molecule has 0 aromatic heterocycles. The van der Waals surface area contributed by atoms with Gasteiger partial charge < -0.3 is 0 Å². The van der Waals surface area contributed by atoms with Gasteiger partial charge in [-0.2, -0.15) is 8.42 Å². The molecule has 0 heterocycles.